The smallest absolute Gasteiger partial charge is 0.248 e. The van der Waals surface area contributed by atoms with Crippen molar-refractivity contribution in [2.75, 3.05) is 0 Å². The van der Waals surface area contributed by atoms with Crippen molar-refractivity contribution in [1.29, 1.82) is 0 Å². The van der Waals surface area contributed by atoms with Gasteiger partial charge in [-0.2, -0.15) is 4.99 Å². The normalized spacial score (nSPS) is 10.9. The number of aliphatic imine (C=N–C) groups is 2. The first-order valence-electron chi connectivity index (χ1n) is 6.56. The Bertz CT molecular complexity index is 764. The summed E-state index contributed by atoms with van der Waals surface area (Å²) in [7, 11) is 0. The van der Waals surface area contributed by atoms with Gasteiger partial charge in [-0.05, 0) is 36.4 Å². The van der Waals surface area contributed by atoms with Crippen LogP contribution in [0, 0.1) is 0 Å². The molecule has 2 aromatic rings. The van der Waals surface area contributed by atoms with E-state index in [2.05, 4.69) is 9.98 Å². The van der Waals surface area contributed by atoms with Crippen LogP contribution in [-0.4, -0.2) is 17.8 Å². The lowest BCUT2D eigenvalue weighted by atomic mass is 10.2. The number of primary amides is 1. The van der Waals surface area contributed by atoms with Crippen molar-refractivity contribution in [3.8, 4) is 11.5 Å². The van der Waals surface area contributed by atoms with Crippen molar-refractivity contribution in [2.24, 2.45) is 32.9 Å². The van der Waals surface area contributed by atoms with E-state index in [1.54, 1.807) is 48.5 Å². The summed E-state index contributed by atoms with van der Waals surface area (Å²) < 4.78 is 5.72. The third-order valence-corrected chi connectivity index (χ3v) is 2.71. The second-order valence-electron chi connectivity index (χ2n) is 4.47. The summed E-state index contributed by atoms with van der Waals surface area (Å²) in [4.78, 5) is 18.8. The number of nitrogens with zero attached hydrogens (tertiary/aromatic N) is 2. The Labute approximate surface area is 132 Å². The van der Waals surface area contributed by atoms with Crippen LogP contribution >= 0.6 is 0 Å². The van der Waals surface area contributed by atoms with E-state index in [0.29, 0.717) is 22.7 Å². The van der Waals surface area contributed by atoms with Crippen LogP contribution in [0.15, 0.2) is 58.5 Å². The largest absolute Gasteiger partial charge is 0.455 e. The highest BCUT2D eigenvalue weighted by Crippen LogP contribution is 2.31. The molecule has 0 atom stereocenters. The van der Waals surface area contributed by atoms with Crippen molar-refractivity contribution in [2.45, 2.75) is 0 Å². The van der Waals surface area contributed by atoms with Crippen LogP contribution in [-0.2, 0) is 0 Å². The van der Waals surface area contributed by atoms with Gasteiger partial charge < -0.3 is 27.7 Å². The molecule has 1 amide bonds. The molecule has 0 aromatic heterocycles. The molecule has 0 heterocycles. The first-order valence-corrected chi connectivity index (χ1v) is 6.56. The Morgan fingerprint density at radius 2 is 1.57 bits per heavy atom. The quantitative estimate of drug-likeness (QED) is 0.485. The van der Waals surface area contributed by atoms with Crippen molar-refractivity contribution in [1.82, 2.24) is 0 Å². The maximum absolute atomic E-state index is 11.1. The second kappa shape index (κ2) is 6.94. The molecule has 0 unspecified atom stereocenters. The van der Waals surface area contributed by atoms with Crippen LogP contribution in [0.3, 0.4) is 0 Å². The summed E-state index contributed by atoms with van der Waals surface area (Å²) in [5.41, 5.74) is 22.1. The molecule has 23 heavy (non-hydrogen) atoms. The zero-order chi connectivity index (χ0) is 16.8. The predicted octanol–water partition coefficient (Wildman–Crippen LogP) is 0.797. The Balaban J connectivity index is 2.27. The number of guanidine groups is 2. The summed E-state index contributed by atoms with van der Waals surface area (Å²) in [5.74, 6) is 0.175. The van der Waals surface area contributed by atoms with E-state index in [-0.39, 0.29) is 11.9 Å². The zero-order valence-electron chi connectivity index (χ0n) is 12.1. The first-order chi connectivity index (χ1) is 11.0. The molecular formula is C15H16N6O2. The van der Waals surface area contributed by atoms with Gasteiger partial charge in [0.2, 0.25) is 11.9 Å². The van der Waals surface area contributed by atoms with Gasteiger partial charge >= 0.3 is 0 Å². The fourth-order valence-corrected chi connectivity index (χ4v) is 1.73. The van der Waals surface area contributed by atoms with Crippen LogP contribution in [0.5, 0.6) is 11.5 Å². The number of hydrogen-bond donors (Lipinski definition) is 4. The van der Waals surface area contributed by atoms with E-state index in [0.717, 1.165) is 0 Å². The molecule has 8 heteroatoms. The van der Waals surface area contributed by atoms with Gasteiger partial charge in [0, 0.05) is 5.56 Å². The summed E-state index contributed by atoms with van der Waals surface area (Å²) in [6.45, 7) is 0. The highest BCUT2D eigenvalue weighted by molar-refractivity contribution is 5.94. The van der Waals surface area contributed by atoms with E-state index in [1.165, 1.54) is 0 Å². The van der Waals surface area contributed by atoms with Crippen LogP contribution in [0.25, 0.3) is 0 Å². The van der Waals surface area contributed by atoms with E-state index in [1.807, 2.05) is 0 Å². The lowest BCUT2D eigenvalue weighted by Gasteiger charge is -2.08. The molecule has 2 aromatic carbocycles. The van der Waals surface area contributed by atoms with E-state index < -0.39 is 5.91 Å². The summed E-state index contributed by atoms with van der Waals surface area (Å²) in [5, 5.41) is 0. The maximum atomic E-state index is 11.1. The summed E-state index contributed by atoms with van der Waals surface area (Å²) in [6.07, 6.45) is 0. The third-order valence-electron chi connectivity index (χ3n) is 2.71. The Hall–Kier alpha value is -3.55. The van der Waals surface area contributed by atoms with Gasteiger partial charge in [-0.1, -0.05) is 12.1 Å². The van der Waals surface area contributed by atoms with Crippen molar-refractivity contribution >= 4 is 23.5 Å². The number of benzene rings is 2. The number of para-hydroxylation sites is 2. The highest BCUT2D eigenvalue weighted by Gasteiger charge is 2.06. The number of nitrogens with two attached hydrogens (primary N) is 4. The van der Waals surface area contributed by atoms with E-state index >= 15 is 0 Å². The molecule has 0 saturated heterocycles. The number of ether oxygens (including phenoxy) is 1. The van der Waals surface area contributed by atoms with Gasteiger partial charge in [-0.15, -0.1) is 0 Å². The third kappa shape index (κ3) is 4.46. The average molecular weight is 312 g/mol. The average Bonchev–Trinajstić information content (AvgIpc) is 2.49. The molecule has 0 aliphatic heterocycles. The fraction of sp³-hybridized carbons (Fsp3) is 0. The monoisotopic (exact) mass is 312 g/mol. The molecule has 8 N–H and O–H groups in total. The minimum atomic E-state index is -0.508. The lowest BCUT2D eigenvalue weighted by Crippen LogP contribution is -2.26. The van der Waals surface area contributed by atoms with Gasteiger partial charge in [-0.25, -0.2) is 4.99 Å². The zero-order valence-corrected chi connectivity index (χ0v) is 12.1. The summed E-state index contributed by atoms with van der Waals surface area (Å²) >= 11 is 0. The second-order valence-corrected chi connectivity index (χ2v) is 4.47. The number of amides is 1. The molecule has 0 aliphatic rings. The van der Waals surface area contributed by atoms with Crippen molar-refractivity contribution in [3.05, 3.63) is 54.1 Å². The minimum absolute atomic E-state index is 0.0925. The Morgan fingerprint density at radius 3 is 2.17 bits per heavy atom. The van der Waals surface area contributed by atoms with Crippen LogP contribution in [0.1, 0.15) is 10.4 Å². The maximum Gasteiger partial charge on any atom is 0.248 e. The lowest BCUT2D eigenvalue weighted by molar-refractivity contribution is 0.100. The molecule has 0 aliphatic carbocycles. The SMILES string of the molecule is NC(=O)c1ccc(Oc2ccccc2N=C(N)N=C(N)N)cc1. The van der Waals surface area contributed by atoms with Gasteiger partial charge in [0.05, 0.1) is 0 Å². The Kier molecular flexibility index (Phi) is 4.78. The van der Waals surface area contributed by atoms with Crippen LogP contribution in [0.2, 0.25) is 0 Å². The van der Waals surface area contributed by atoms with Gasteiger partial charge in [0.15, 0.2) is 11.7 Å². The van der Waals surface area contributed by atoms with Gasteiger partial charge in [-0.3, -0.25) is 4.79 Å². The van der Waals surface area contributed by atoms with Crippen molar-refractivity contribution in [3.63, 3.8) is 0 Å². The number of rotatable bonds is 4. The van der Waals surface area contributed by atoms with Gasteiger partial charge in [0.1, 0.15) is 11.4 Å². The van der Waals surface area contributed by atoms with E-state index in [9.17, 15) is 4.79 Å². The molecule has 118 valence electrons. The molecule has 0 spiro atoms. The highest BCUT2D eigenvalue weighted by atomic mass is 16.5. The standard InChI is InChI=1S/C15H16N6O2/c16-13(22)9-5-7-10(8-6-9)23-12-4-2-1-3-11(12)20-15(19)21-14(17)18/h1-8H,(H2,16,22)(H6,17,18,19,20,21). The van der Waals surface area contributed by atoms with Gasteiger partial charge in [0.25, 0.3) is 0 Å². The topological polar surface area (TPSA) is 155 Å². The molecular weight excluding hydrogens is 296 g/mol. The molecule has 2 rings (SSSR count). The van der Waals surface area contributed by atoms with Crippen LogP contribution < -0.4 is 27.7 Å². The number of hydrogen-bond acceptors (Lipinski definition) is 3. The Morgan fingerprint density at radius 1 is 0.913 bits per heavy atom. The van der Waals surface area contributed by atoms with E-state index in [4.69, 9.17) is 27.7 Å². The molecule has 0 saturated carbocycles. The molecule has 0 bridgehead atoms. The number of carbonyl (C=O) groups excluding carboxylic acids is 1. The minimum Gasteiger partial charge on any atom is -0.455 e. The molecule has 8 nitrogen and oxygen atoms in total. The van der Waals surface area contributed by atoms with Crippen molar-refractivity contribution < 1.29 is 9.53 Å². The van der Waals surface area contributed by atoms with Crippen LogP contribution in [0.4, 0.5) is 5.69 Å². The fourth-order valence-electron chi connectivity index (χ4n) is 1.73. The summed E-state index contributed by atoms with van der Waals surface area (Å²) in [6, 6.07) is 13.3. The predicted molar refractivity (Wildman–Crippen MR) is 88.6 cm³/mol. The number of carbonyl (C=O) groups is 1. The molecule has 0 fully saturated rings. The molecule has 0 radical (unpaired) electrons. The first kappa shape index (κ1) is 15.8.